The number of hydrogen-bond donors (Lipinski definition) is 1. The fourth-order valence-electron chi connectivity index (χ4n) is 1.57. The smallest absolute Gasteiger partial charge is 0.380 e. The lowest BCUT2D eigenvalue weighted by Crippen LogP contribution is -2.47. The van der Waals surface area contributed by atoms with Gasteiger partial charge in [0.1, 0.15) is 11.4 Å². The minimum absolute atomic E-state index is 0.0162. The van der Waals surface area contributed by atoms with Gasteiger partial charge in [-0.1, -0.05) is 15.9 Å². The fourth-order valence-corrected chi connectivity index (χ4v) is 2.26. The first-order chi connectivity index (χ1) is 7.74. The molecule has 1 heterocycles. The summed E-state index contributed by atoms with van der Waals surface area (Å²) in [6.07, 6.45) is -4.79. The Labute approximate surface area is 102 Å². The van der Waals surface area contributed by atoms with Crippen LogP contribution in [0.3, 0.4) is 0 Å². The Morgan fingerprint density at radius 3 is 2.29 bits per heavy atom. The van der Waals surface area contributed by atoms with Crippen LogP contribution in [0.25, 0.3) is 0 Å². The Balaban J connectivity index is 2.54. The summed E-state index contributed by atoms with van der Waals surface area (Å²) in [5, 5.41) is 9.90. The second-order valence-corrected chi connectivity index (χ2v) is 4.69. The number of alkyl halides is 3. The van der Waals surface area contributed by atoms with E-state index in [4.69, 9.17) is 4.74 Å². The summed E-state index contributed by atoms with van der Waals surface area (Å²) in [5.41, 5.74) is -2.89. The summed E-state index contributed by atoms with van der Waals surface area (Å²) in [6, 6.07) is 1.32. The van der Waals surface area contributed by atoms with E-state index in [1.807, 2.05) is 0 Å². The van der Waals surface area contributed by atoms with Crippen LogP contribution in [-0.4, -0.2) is 18.3 Å². The van der Waals surface area contributed by atoms with Crippen molar-refractivity contribution in [2.75, 3.05) is 13.2 Å². The first kappa shape index (κ1) is 12.8. The topological polar surface area (TPSA) is 29.5 Å². The lowest BCUT2D eigenvalue weighted by Gasteiger charge is -2.37. The number of aliphatic hydroxyl groups is 1. The molecule has 1 aromatic rings. The quantitative estimate of drug-likeness (QED) is 0.808. The third-order valence-corrected chi connectivity index (χ3v) is 3.20. The first-order valence-electron chi connectivity index (χ1n) is 4.61. The van der Waals surface area contributed by atoms with Gasteiger partial charge in [0.25, 0.3) is 0 Å². The van der Waals surface area contributed by atoms with Gasteiger partial charge >= 0.3 is 6.18 Å². The molecule has 1 aliphatic rings. The molecule has 1 saturated heterocycles. The van der Waals surface area contributed by atoms with Gasteiger partial charge in [0.2, 0.25) is 0 Å². The van der Waals surface area contributed by atoms with E-state index in [0.717, 1.165) is 0 Å². The van der Waals surface area contributed by atoms with E-state index >= 15 is 0 Å². The van der Waals surface area contributed by atoms with Gasteiger partial charge in [-0.15, -0.1) is 0 Å². The monoisotopic (exact) mass is 314 g/mol. The molecule has 0 unspecified atom stereocenters. The highest BCUT2D eigenvalue weighted by Crippen LogP contribution is 2.40. The van der Waals surface area contributed by atoms with Crippen molar-refractivity contribution in [2.45, 2.75) is 11.8 Å². The highest BCUT2D eigenvalue weighted by atomic mass is 79.9. The maximum Gasteiger partial charge on any atom is 0.419 e. The van der Waals surface area contributed by atoms with Crippen molar-refractivity contribution in [1.29, 1.82) is 0 Å². The molecule has 17 heavy (non-hydrogen) atoms. The van der Waals surface area contributed by atoms with E-state index in [-0.39, 0.29) is 23.2 Å². The predicted octanol–water partition coefficient (Wildman–Crippen LogP) is 2.82. The molecular formula is C10H7BrF4O2. The molecule has 0 spiro atoms. The van der Waals surface area contributed by atoms with Gasteiger partial charge in [-0.3, -0.25) is 0 Å². The highest BCUT2D eigenvalue weighted by molar-refractivity contribution is 9.10. The average Bonchev–Trinajstić information content (AvgIpc) is 2.12. The summed E-state index contributed by atoms with van der Waals surface area (Å²) in [7, 11) is 0. The number of halogens is 5. The van der Waals surface area contributed by atoms with Crippen molar-refractivity contribution >= 4 is 15.9 Å². The second kappa shape index (κ2) is 3.93. The molecule has 7 heteroatoms. The largest absolute Gasteiger partial charge is 0.419 e. The van der Waals surface area contributed by atoms with Gasteiger partial charge in [-0.2, -0.15) is 13.2 Å². The zero-order valence-electron chi connectivity index (χ0n) is 8.31. The predicted molar refractivity (Wildman–Crippen MR) is 53.8 cm³/mol. The van der Waals surface area contributed by atoms with Crippen molar-refractivity contribution in [3.63, 3.8) is 0 Å². The second-order valence-electron chi connectivity index (χ2n) is 3.83. The molecule has 1 aliphatic heterocycles. The lowest BCUT2D eigenvalue weighted by atomic mass is 9.90. The molecule has 0 aromatic heterocycles. The van der Waals surface area contributed by atoms with Crippen molar-refractivity contribution in [2.24, 2.45) is 0 Å². The molecule has 0 aliphatic carbocycles. The van der Waals surface area contributed by atoms with Crippen LogP contribution in [0.2, 0.25) is 0 Å². The summed E-state index contributed by atoms with van der Waals surface area (Å²) in [4.78, 5) is 0. The number of hydrogen-bond acceptors (Lipinski definition) is 2. The van der Waals surface area contributed by atoms with Crippen LogP contribution in [0.15, 0.2) is 16.6 Å². The molecule has 2 nitrogen and oxygen atoms in total. The maximum atomic E-state index is 13.2. The molecule has 1 N–H and O–H groups in total. The Kier molecular flexibility index (Phi) is 2.95. The first-order valence-corrected chi connectivity index (χ1v) is 5.40. The van der Waals surface area contributed by atoms with Gasteiger partial charge in [-0.25, -0.2) is 4.39 Å². The van der Waals surface area contributed by atoms with Crippen LogP contribution >= 0.6 is 15.9 Å². The van der Waals surface area contributed by atoms with Crippen LogP contribution < -0.4 is 0 Å². The van der Waals surface area contributed by atoms with Gasteiger partial charge in [-0.05, 0) is 12.1 Å². The Bertz CT molecular complexity index is 454. The minimum Gasteiger partial charge on any atom is -0.380 e. The Hall–Kier alpha value is -0.660. The van der Waals surface area contributed by atoms with Crippen molar-refractivity contribution in [1.82, 2.24) is 0 Å². The van der Waals surface area contributed by atoms with Gasteiger partial charge in [0, 0.05) is 10.0 Å². The highest BCUT2D eigenvalue weighted by Gasteiger charge is 2.42. The van der Waals surface area contributed by atoms with Crippen LogP contribution in [0, 0.1) is 5.82 Å². The van der Waals surface area contributed by atoms with Crippen molar-refractivity contribution < 1.29 is 27.4 Å². The minimum atomic E-state index is -4.79. The lowest BCUT2D eigenvalue weighted by molar-refractivity contribution is -0.185. The molecule has 0 atom stereocenters. The van der Waals surface area contributed by atoms with E-state index in [2.05, 4.69) is 15.9 Å². The molecule has 0 amide bonds. The van der Waals surface area contributed by atoms with Crippen LogP contribution in [0.1, 0.15) is 11.1 Å². The van der Waals surface area contributed by atoms with E-state index in [1.54, 1.807) is 0 Å². The van der Waals surface area contributed by atoms with E-state index < -0.39 is 23.2 Å². The third kappa shape index (κ3) is 2.19. The zero-order valence-corrected chi connectivity index (χ0v) is 9.90. The van der Waals surface area contributed by atoms with Crippen molar-refractivity contribution in [3.8, 4) is 0 Å². The average molecular weight is 315 g/mol. The van der Waals surface area contributed by atoms with Crippen LogP contribution in [0.5, 0.6) is 0 Å². The SMILES string of the molecule is OC1(c2cc(C(F)(F)F)c(F)cc2Br)COC1. The Morgan fingerprint density at radius 2 is 1.88 bits per heavy atom. The molecule has 1 aromatic carbocycles. The van der Waals surface area contributed by atoms with E-state index in [0.29, 0.717) is 12.1 Å². The summed E-state index contributed by atoms with van der Waals surface area (Å²) < 4.78 is 55.5. The number of ether oxygens (including phenoxy) is 1. The zero-order chi connectivity index (χ0) is 12.8. The number of benzene rings is 1. The fraction of sp³-hybridized carbons (Fsp3) is 0.400. The summed E-state index contributed by atoms with van der Waals surface area (Å²) in [5.74, 6) is -1.38. The molecule has 0 radical (unpaired) electrons. The number of rotatable bonds is 1. The molecule has 1 fully saturated rings. The van der Waals surface area contributed by atoms with Crippen molar-refractivity contribution in [3.05, 3.63) is 33.5 Å². The maximum absolute atomic E-state index is 13.2. The summed E-state index contributed by atoms with van der Waals surface area (Å²) in [6.45, 7) is -0.205. The molecule has 2 rings (SSSR count). The molecule has 94 valence electrons. The van der Waals surface area contributed by atoms with E-state index in [9.17, 15) is 22.7 Å². The van der Waals surface area contributed by atoms with Gasteiger partial charge in [0.05, 0.1) is 18.8 Å². The van der Waals surface area contributed by atoms with Gasteiger partial charge < -0.3 is 9.84 Å². The van der Waals surface area contributed by atoms with E-state index in [1.165, 1.54) is 0 Å². The standard InChI is InChI=1S/C10H7BrF4O2/c11-7-2-8(12)6(10(13,14)15)1-5(7)9(16)3-17-4-9/h1-2,16H,3-4H2. The van der Waals surface area contributed by atoms with Gasteiger partial charge in [0.15, 0.2) is 0 Å². The van der Waals surface area contributed by atoms with Crippen LogP contribution in [0.4, 0.5) is 17.6 Å². The normalized spacial score (nSPS) is 18.9. The Morgan fingerprint density at radius 1 is 1.29 bits per heavy atom. The molecule has 0 saturated carbocycles. The summed E-state index contributed by atoms with van der Waals surface area (Å²) >= 11 is 2.94. The van der Waals surface area contributed by atoms with Crippen LogP contribution in [-0.2, 0) is 16.5 Å². The third-order valence-electron chi connectivity index (χ3n) is 2.55. The molecule has 0 bridgehead atoms. The molecular weight excluding hydrogens is 308 g/mol.